The minimum atomic E-state index is -0.175. The molecule has 0 spiro atoms. The average Bonchev–Trinajstić information content (AvgIpc) is 3.19. The van der Waals surface area contributed by atoms with Gasteiger partial charge in [0.1, 0.15) is 12.0 Å². The summed E-state index contributed by atoms with van der Waals surface area (Å²) in [6.45, 7) is 2.64. The number of hydrogen-bond donors (Lipinski definition) is 3. The highest BCUT2D eigenvalue weighted by atomic mass is 19.1. The maximum atomic E-state index is 13.8. The van der Waals surface area contributed by atoms with Crippen LogP contribution >= 0.6 is 0 Å². The van der Waals surface area contributed by atoms with Crippen LogP contribution in [0.1, 0.15) is 17.2 Å². The molecule has 29 heavy (non-hydrogen) atoms. The number of benzene rings is 1. The Balaban J connectivity index is 1.48. The van der Waals surface area contributed by atoms with Crippen molar-refractivity contribution in [1.82, 2.24) is 20.9 Å². The zero-order chi connectivity index (χ0) is 19.8. The van der Waals surface area contributed by atoms with Crippen molar-refractivity contribution in [3.8, 4) is 0 Å². The molecule has 4 aliphatic heterocycles. The molecule has 4 nitrogen and oxygen atoms in total. The molecule has 3 N–H and O–H groups in total. The number of hydrogen-bond acceptors (Lipinski definition) is 4. The van der Waals surface area contributed by atoms with E-state index in [0.717, 1.165) is 29.0 Å². The van der Waals surface area contributed by atoms with E-state index in [1.165, 1.54) is 5.57 Å². The van der Waals surface area contributed by atoms with Crippen LogP contribution < -0.4 is 16.0 Å². The Labute approximate surface area is 170 Å². The van der Waals surface area contributed by atoms with Crippen molar-refractivity contribution in [2.75, 3.05) is 6.54 Å². The van der Waals surface area contributed by atoms with Crippen molar-refractivity contribution in [2.24, 2.45) is 0 Å². The lowest BCUT2D eigenvalue weighted by molar-refractivity contribution is 0.396. The lowest BCUT2D eigenvalue weighted by Gasteiger charge is -2.32. The van der Waals surface area contributed by atoms with Crippen molar-refractivity contribution in [1.29, 1.82) is 0 Å². The fourth-order valence-electron chi connectivity index (χ4n) is 4.09. The number of aryl methyl sites for hydroxylation is 1. The Hall–Kier alpha value is -3.47. The molecule has 5 heteroatoms. The lowest BCUT2D eigenvalue weighted by atomic mass is 9.89. The fraction of sp³-hybridized carbons (Fsp3) is 0.167. The Bertz CT molecular complexity index is 1050. The van der Waals surface area contributed by atoms with Gasteiger partial charge in [-0.1, -0.05) is 30.4 Å². The summed E-state index contributed by atoms with van der Waals surface area (Å²) in [5.41, 5.74) is 6.38. The van der Waals surface area contributed by atoms with Crippen molar-refractivity contribution >= 4 is 0 Å². The van der Waals surface area contributed by atoms with Gasteiger partial charge in [0.2, 0.25) is 0 Å². The molecule has 0 aliphatic carbocycles. The largest absolute Gasteiger partial charge is 0.387 e. The fourth-order valence-corrected chi connectivity index (χ4v) is 4.09. The number of halogens is 1. The van der Waals surface area contributed by atoms with Crippen LogP contribution in [0.3, 0.4) is 0 Å². The predicted octanol–water partition coefficient (Wildman–Crippen LogP) is 3.79. The van der Waals surface area contributed by atoms with Crippen molar-refractivity contribution in [3.63, 3.8) is 0 Å². The van der Waals surface area contributed by atoms with E-state index in [9.17, 15) is 4.39 Å². The number of dihydropyridines is 2. The molecule has 4 heterocycles. The molecule has 0 radical (unpaired) electrons. The van der Waals surface area contributed by atoms with Gasteiger partial charge in [-0.05, 0) is 71.5 Å². The van der Waals surface area contributed by atoms with Gasteiger partial charge in [0.25, 0.3) is 0 Å². The minimum absolute atomic E-state index is 0.0206. The highest BCUT2D eigenvalue weighted by Crippen LogP contribution is 2.35. The molecule has 2 unspecified atom stereocenters. The predicted molar refractivity (Wildman–Crippen MR) is 114 cm³/mol. The van der Waals surface area contributed by atoms with Gasteiger partial charge in [-0.2, -0.15) is 0 Å². The number of nitrogens with zero attached hydrogens (tertiary/aromatic N) is 1. The van der Waals surface area contributed by atoms with E-state index in [-0.39, 0.29) is 18.0 Å². The van der Waals surface area contributed by atoms with E-state index in [2.05, 4.69) is 63.6 Å². The SMILES string of the molecule is Cc1cc(C2NC=CC=C2C2=CN3C(=CNC3C3=CCNC=C3)C=C2)ccc1F. The molecule has 0 saturated heterocycles. The topological polar surface area (TPSA) is 39.3 Å². The first-order chi connectivity index (χ1) is 14.2. The summed E-state index contributed by atoms with van der Waals surface area (Å²) in [6, 6.07) is 5.30. The van der Waals surface area contributed by atoms with Gasteiger partial charge in [0.15, 0.2) is 0 Å². The second kappa shape index (κ2) is 7.17. The molecule has 4 aliphatic rings. The van der Waals surface area contributed by atoms with Crippen LogP contribution in [0, 0.1) is 12.7 Å². The number of fused-ring (bicyclic) bond motifs is 1. The van der Waals surface area contributed by atoms with Crippen LogP contribution in [-0.2, 0) is 0 Å². The van der Waals surface area contributed by atoms with Crippen LogP contribution in [0.2, 0.25) is 0 Å². The summed E-state index contributed by atoms with van der Waals surface area (Å²) in [7, 11) is 0. The third-order valence-corrected chi connectivity index (χ3v) is 5.64. The van der Waals surface area contributed by atoms with Crippen LogP contribution in [0.4, 0.5) is 4.39 Å². The first-order valence-corrected chi connectivity index (χ1v) is 9.84. The van der Waals surface area contributed by atoms with Gasteiger partial charge < -0.3 is 20.9 Å². The third-order valence-electron chi connectivity index (χ3n) is 5.64. The highest BCUT2D eigenvalue weighted by molar-refractivity contribution is 5.54. The molecule has 1 aromatic rings. The molecule has 0 bridgehead atoms. The lowest BCUT2D eigenvalue weighted by Crippen LogP contribution is -2.37. The summed E-state index contributed by atoms with van der Waals surface area (Å²) < 4.78 is 13.8. The van der Waals surface area contributed by atoms with Crippen molar-refractivity contribution < 1.29 is 4.39 Å². The summed E-state index contributed by atoms with van der Waals surface area (Å²) in [6.07, 6.45) is 21.0. The Morgan fingerprint density at radius 1 is 1.10 bits per heavy atom. The van der Waals surface area contributed by atoms with Crippen LogP contribution in [0.5, 0.6) is 0 Å². The number of nitrogens with one attached hydrogen (secondary N) is 3. The third kappa shape index (κ3) is 3.18. The van der Waals surface area contributed by atoms with Gasteiger partial charge in [-0.15, -0.1) is 0 Å². The zero-order valence-corrected chi connectivity index (χ0v) is 16.2. The molecule has 5 rings (SSSR count). The van der Waals surface area contributed by atoms with Crippen molar-refractivity contribution in [2.45, 2.75) is 19.1 Å². The number of allylic oxidation sites excluding steroid dienone is 4. The second-order valence-corrected chi connectivity index (χ2v) is 7.50. The molecule has 146 valence electrons. The smallest absolute Gasteiger partial charge is 0.129 e. The van der Waals surface area contributed by atoms with Gasteiger partial charge >= 0.3 is 0 Å². The Morgan fingerprint density at radius 2 is 2.03 bits per heavy atom. The summed E-state index contributed by atoms with van der Waals surface area (Å²) >= 11 is 0. The van der Waals surface area contributed by atoms with Crippen molar-refractivity contribution in [3.05, 3.63) is 119 Å². The second-order valence-electron chi connectivity index (χ2n) is 7.50. The van der Waals surface area contributed by atoms with Gasteiger partial charge in [0.05, 0.1) is 11.7 Å². The van der Waals surface area contributed by atoms with E-state index in [1.54, 1.807) is 13.0 Å². The van der Waals surface area contributed by atoms with Crippen LogP contribution in [-0.4, -0.2) is 17.6 Å². The van der Waals surface area contributed by atoms with E-state index in [1.807, 2.05) is 30.6 Å². The molecule has 0 amide bonds. The average molecular weight is 386 g/mol. The molecule has 2 atom stereocenters. The summed E-state index contributed by atoms with van der Waals surface area (Å²) in [4.78, 5) is 2.27. The maximum absolute atomic E-state index is 13.8. The standard InChI is InChI=1S/C24H23FN4/c1-16-13-18(5-7-22(16)25)23-21(3-2-10-27-23)19-4-6-20-14-28-24(29(20)15-19)17-8-11-26-12-9-17/h2-11,13-15,23-24,26-28H,12H2,1H3. The van der Waals surface area contributed by atoms with E-state index in [0.29, 0.717) is 5.56 Å². The minimum Gasteiger partial charge on any atom is -0.387 e. The normalized spacial score (nSPS) is 24.6. The first-order valence-electron chi connectivity index (χ1n) is 9.84. The monoisotopic (exact) mass is 386 g/mol. The van der Waals surface area contributed by atoms with Gasteiger partial charge in [-0.3, -0.25) is 0 Å². The molecular weight excluding hydrogens is 363 g/mol. The van der Waals surface area contributed by atoms with E-state index >= 15 is 0 Å². The number of rotatable bonds is 3. The van der Waals surface area contributed by atoms with E-state index < -0.39 is 0 Å². The summed E-state index contributed by atoms with van der Waals surface area (Å²) in [5.74, 6) is -0.175. The molecule has 0 aromatic heterocycles. The molecule has 1 aromatic carbocycles. The molecule has 0 saturated carbocycles. The van der Waals surface area contributed by atoms with E-state index in [4.69, 9.17) is 0 Å². The van der Waals surface area contributed by atoms with Crippen LogP contribution in [0.15, 0.2) is 102 Å². The Kier molecular flexibility index (Phi) is 4.35. The highest BCUT2D eigenvalue weighted by Gasteiger charge is 2.29. The zero-order valence-electron chi connectivity index (χ0n) is 16.2. The Morgan fingerprint density at radius 3 is 2.86 bits per heavy atom. The summed E-state index contributed by atoms with van der Waals surface area (Å²) in [5, 5.41) is 10.1. The maximum Gasteiger partial charge on any atom is 0.129 e. The van der Waals surface area contributed by atoms with Crippen LogP contribution in [0.25, 0.3) is 0 Å². The first kappa shape index (κ1) is 17.6. The quantitative estimate of drug-likeness (QED) is 0.739. The molecular formula is C24H23FN4. The van der Waals surface area contributed by atoms with Gasteiger partial charge in [0, 0.05) is 18.9 Å². The molecule has 0 fully saturated rings. The van der Waals surface area contributed by atoms with Gasteiger partial charge in [-0.25, -0.2) is 4.39 Å².